The number of carbonyl (C=O) groups excluding carboxylic acids is 4. The van der Waals surface area contributed by atoms with E-state index in [0.717, 1.165) is 11.9 Å². The van der Waals surface area contributed by atoms with Gasteiger partial charge in [0.2, 0.25) is 5.91 Å². The van der Waals surface area contributed by atoms with Gasteiger partial charge in [-0.25, -0.2) is 24.4 Å². The molecule has 1 saturated heterocycles. The van der Waals surface area contributed by atoms with Crippen LogP contribution in [0.2, 0.25) is 0 Å². The van der Waals surface area contributed by atoms with Crippen molar-refractivity contribution < 1.29 is 33.4 Å². The number of rotatable bonds is 5. The number of benzene rings is 1. The first-order valence-electron chi connectivity index (χ1n) is 12.6. The molecule has 0 saturated carbocycles. The summed E-state index contributed by atoms with van der Waals surface area (Å²) >= 11 is 0. The Morgan fingerprint density at radius 2 is 1.59 bits per heavy atom. The Balaban J connectivity index is 1.66. The van der Waals surface area contributed by atoms with Crippen molar-refractivity contribution in [2.75, 3.05) is 23.3 Å². The van der Waals surface area contributed by atoms with Gasteiger partial charge in [0.1, 0.15) is 30.0 Å². The van der Waals surface area contributed by atoms with Crippen molar-refractivity contribution in [3.63, 3.8) is 0 Å². The summed E-state index contributed by atoms with van der Waals surface area (Å²) in [5, 5.41) is 2.67. The number of nitrogens with one attached hydrogen (secondary N) is 1. The molecule has 2 aromatic rings. The van der Waals surface area contributed by atoms with Gasteiger partial charge in [-0.15, -0.1) is 0 Å². The van der Waals surface area contributed by atoms with E-state index < -0.39 is 35.4 Å². The minimum atomic E-state index is -0.992. The maximum atomic E-state index is 12.9. The number of hydrogen-bond acceptors (Lipinski definition) is 9. The van der Waals surface area contributed by atoms with E-state index in [9.17, 15) is 19.2 Å². The molecule has 1 fully saturated rings. The Hall–Kier alpha value is -4.22. The van der Waals surface area contributed by atoms with Gasteiger partial charge >= 0.3 is 18.3 Å². The average molecular weight is 542 g/mol. The standard InChI is InChI=1S/C27H35N5O7/c1-26(2,3)38-24(35)32(25(36)39-27(4,5)6)21-14-20(28-17-29-21)30-22(33)19-12-13-31(15-19)23(34)37-16-18-10-8-7-9-11-18/h7-11,14,17,19H,12-13,15-16H2,1-6H3,(H,28,29,30,33). The van der Waals surface area contributed by atoms with Crippen LogP contribution < -0.4 is 10.2 Å². The van der Waals surface area contributed by atoms with E-state index in [-0.39, 0.29) is 30.7 Å². The van der Waals surface area contributed by atoms with E-state index in [1.807, 2.05) is 30.3 Å². The van der Waals surface area contributed by atoms with E-state index in [2.05, 4.69) is 15.3 Å². The summed E-state index contributed by atoms with van der Waals surface area (Å²) in [6.07, 6.45) is -0.939. The van der Waals surface area contributed by atoms with Crippen molar-refractivity contribution in [1.29, 1.82) is 0 Å². The van der Waals surface area contributed by atoms with Gasteiger partial charge in [-0.1, -0.05) is 30.3 Å². The van der Waals surface area contributed by atoms with Crippen LogP contribution in [0.1, 0.15) is 53.5 Å². The second kappa shape index (κ2) is 12.1. The molecule has 1 aliphatic heterocycles. The lowest BCUT2D eigenvalue weighted by atomic mass is 10.1. The molecular formula is C27H35N5O7. The van der Waals surface area contributed by atoms with E-state index in [0.29, 0.717) is 17.9 Å². The lowest BCUT2D eigenvalue weighted by Gasteiger charge is -2.28. The van der Waals surface area contributed by atoms with E-state index in [1.54, 1.807) is 41.5 Å². The Bertz CT molecular complexity index is 1160. The highest BCUT2D eigenvalue weighted by Gasteiger charge is 2.35. The summed E-state index contributed by atoms with van der Waals surface area (Å²) in [6.45, 7) is 10.6. The highest BCUT2D eigenvalue weighted by atomic mass is 16.6. The molecule has 1 N–H and O–H groups in total. The molecule has 0 spiro atoms. The molecule has 0 bridgehead atoms. The lowest BCUT2D eigenvalue weighted by Crippen LogP contribution is -2.44. The fourth-order valence-corrected chi connectivity index (χ4v) is 3.59. The third-order valence-electron chi connectivity index (χ3n) is 5.31. The van der Waals surface area contributed by atoms with Crippen molar-refractivity contribution in [2.24, 2.45) is 5.92 Å². The zero-order chi connectivity index (χ0) is 28.8. The van der Waals surface area contributed by atoms with Crippen LogP contribution >= 0.6 is 0 Å². The molecule has 2 heterocycles. The normalized spacial score (nSPS) is 15.3. The minimum absolute atomic E-state index is 0.0622. The Kier molecular flexibility index (Phi) is 9.10. The maximum absolute atomic E-state index is 12.9. The molecule has 1 aromatic heterocycles. The van der Waals surface area contributed by atoms with E-state index >= 15 is 0 Å². The number of likely N-dealkylation sites (tertiary alicyclic amines) is 1. The van der Waals surface area contributed by atoms with Gasteiger partial charge in [0, 0.05) is 19.2 Å². The molecule has 1 atom stereocenters. The minimum Gasteiger partial charge on any atom is -0.445 e. The number of aromatic nitrogens is 2. The molecule has 1 aromatic carbocycles. The highest BCUT2D eigenvalue weighted by Crippen LogP contribution is 2.23. The number of hydrogen-bond donors (Lipinski definition) is 1. The molecule has 1 unspecified atom stereocenters. The van der Waals surface area contributed by atoms with Gasteiger partial charge in [-0.05, 0) is 53.5 Å². The first kappa shape index (κ1) is 29.3. The van der Waals surface area contributed by atoms with Crippen LogP contribution in [-0.2, 0) is 25.6 Å². The zero-order valence-corrected chi connectivity index (χ0v) is 23.1. The molecule has 210 valence electrons. The van der Waals surface area contributed by atoms with Crippen LogP contribution in [0.15, 0.2) is 42.7 Å². The second-order valence-electron chi connectivity index (χ2n) is 11.0. The summed E-state index contributed by atoms with van der Waals surface area (Å²) in [7, 11) is 0. The van der Waals surface area contributed by atoms with Gasteiger partial charge in [0.05, 0.1) is 5.92 Å². The van der Waals surface area contributed by atoms with Crippen molar-refractivity contribution in [1.82, 2.24) is 14.9 Å². The predicted octanol–water partition coefficient (Wildman–Crippen LogP) is 4.75. The van der Waals surface area contributed by atoms with Gasteiger partial charge in [0.25, 0.3) is 0 Å². The summed E-state index contributed by atoms with van der Waals surface area (Å²) in [6, 6.07) is 10.6. The summed E-state index contributed by atoms with van der Waals surface area (Å²) in [4.78, 5) is 61.3. The summed E-state index contributed by atoms with van der Waals surface area (Å²) in [5.41, 5.74) is -0.915. The smallest absolute Gasteiger partial charge is 0.425 e. The van der Waals surface area contributed by atoms with Crippen LogP contribution in [0.25, 0.3) is 0 Å². The van der Waals surface area contributed by atoms with Crippen molar-refractivity contribution in [2.45, 2.75) is 65.8 Å². The summed E-state index contributed by atoms with van der Waals surface area (Å²) in [5.74, 6) is -0.951. The number of imide groups is 1. The third-order valence-corrected chi connectivity index (χ3v) is 5.31. The molecule has 0 aliphatic carbocycles. The first-order chi connectivity index (χ1) is 18.2. The van der Waals surface area contributed by atoms with Crippen LogP contribution in [0.5, 0.6) is 0 Å². The Morgan fingerprint density at radius 3 is 2.18 bits per heavy atom. The van der Waals surface area contributed by atoms with E-state index in [1.165, 1.54) is 11.0 Å². The fourth-order valence-electron chi connectivity index (χ4n) is 3.59. The van der Waals surface area contributed by atoms with Gasteiger partial charge in [-0.2, -0.15) is 4.90 Å². The summed E-state index contributed by atoms with van der Waals surface area (Å²) < 4.78 is 16.1. The lowest BCUT2D eigenvalue weighted by molar-refractivity contribution is -0.119. The van der Waals surface area contributed by atoms with Crippen molar-refractivity contribution in [3.05, 3.63) is 48.3 Å². The van der Waals surface area contributed by atoms with Crippen molar-refractivity contribution >= 4 is 35.8 Å². The van der Waals surface area contributed by atoms with Crippen LogP contribution in [0, 0.1) is 5.92 Å². The van der Waals surface area contributed by atoms with Crippen molar-refractivity contribution in [3.8, 4) is 0 Å². The molecular weight excluding hydrogens is 506 g/mol. The fraction of sp³-hybridized carbons (Fsp3) is 0.481. The molecule has 12 nitrogen and oxygen atoms in total. The molecule has 3 rings (SSSR count). The van der Waals surface area contributed by atoms with E-state index in [4.69, 9.17) is 14.2 Å². The Morgan fingerprint density at radius 1 is 0.974 bits per heavy atom. The monoisotopic (exact) mass is 541 g/mol. The second-order valence-corrected chi connectivity index (χ2v) is 11.0. The number of ether oxygens (including phenoxy) is 3. The quantitative estimate of drug-likeness (QED) is 0.531. The van der Waals surface area contributed by atoms with Gasteiger partial charge in [0.15, 0.2) is 5.82 Å². The number of nitrogens with zero attached hydrogens (tertiary/aromatic N) is 4. The average Bonchev–Trinajstić information content (AvgIpc) is 3.32. The largest absolute Gasteiger partial charge is 0.445 e. The Labute approximate surface area is 227 Å². The highest BCUT2D eigenvalue weighted by molar-refractivity contribution is 6.09. The van der Waals surface area contributed by atoms with Crippen LogP contribution in [0.4, 0.5) is 26.0 Å². The number of anilines is 2. The number of carbonyl (C=O) groups is 4. The zero-order valence-electron chi connectivity index (χ0n) is 23.1. The molecule has 4 amide bonds. The van der Waals surface area contributed by atoms with Gasteiger partial charge in [-0.3, -0.25) is 4.79 Å². The molecule has 39 heavy (non-hydrogen) atoms. The van der Waals surface area contributed by atoms with Crippen LogP contribution in [-0.4, -0.2) is 63.3 Å². The molecule has 1 aliphatic rings. The van der Waals surface area contributed by atoms with Crippen LogP contribution in [0.3, 0.4) is 0 Å². The molecule has 0 radical (unpaired) electrons. The first-order valence-corrected chi connectivity index (χ1v) is 12.6. The number of amides is 4. The maximum Gasteiger partial charge on any atom is 0.425 e. The predicted molar refractivity (Wildman–Crippen MR) is 142 cm³/mol. The topological polar surface area (TPSA) is 140 Å². The van der Waals surface area contributed by atoms with Gasteiger partial charge < -0.3 is 24.4 Å². The third kappa shape index (κ3) is 8.94. The SMILES string of the molecule is CC(C)(C)OC(=O)N(C(=O)OC(C)(C)C)c1cc(NC(=O)C2CCN(C(=O)OCc3ccccc3)C2)ncn1. The molecule has 12 heteroatoms.